The van der Waals surface area contributed by atoms with Crippen LogP contribution in [-0.2, 0) is 4.74 Å². The van der Waals surface area contributed by atoms with Crippen molar-refractivity contribution in [2.45, 2.75) is 50.0 Å². The molecule has 2 heterocycles. The molecule has 0 amide bonds. The number of methoxy groups -OCH3 is 1. The van der Waals surface area contributed by atoms with Gasteiger partial charge >= 0.3 is 0 Å². The van der Waals surface area contributed by atoms with Gasteiger partial charge in [0.05, 0.1) is 23.5 Å². The summed E-state index contributed by atoms with van der Waals surface area (Å²) in [6.45, 7) is 0.731. The molecule has 6 nitrogen and oxygen atoms in total. The van der Waals surface area contributed by atoms with Crippen LogP contribution in [0, 0.1) is 0 Å². The summed E-state index contributed by atoms with van der Waals surface area (Å²) in [7, 11) is 1.77. The SMILES string of the molecule is COCC1(Nc2cc(C3CC3)nn3cnnc23)CCCC1. The molecule has 0 atom stereocenters. The van der Waals surface area contributed by atoms with Gasteiger partial charge in [-0.05, 0) is 31.7 Å². The van der Waals surface area contributed by atoms with E-state index in [4.69, 9.17) is 4.74 Å². The molecule has 2 aliphatic carbocycles. The predicted octanol–water partition coefficient (Wildman–Crippen LogP) is 2.37. The number of hydrogen-bond donors (Lipinski definition) is 1. The number of aromatic nitrogens is 4. The summed E-state index contributed by atoms with van der Waals surface area (Å²) in [4.78, 5) is 0. The van der Waals surface area contributed by atoms with Gasteiger partial charge in [0, 0.05) is 13.0 Å². The maximum absolute atomic E-state index is 5.46. The lowest BCUT2D eigenvalue weighted by atomic mass is 9.98. The van der Waals surface area contributed by atoms with Crippen molar-refractivity contribution < 1.29 is 4.74 Å². The van der Waals surface area contributed by atoms with Crippen LogP contribution >= 0.6 is 0 Å². The summed E-state index contributed by atoms with van der Waals surface area (Å²) in [6.07, 6.45) is 8.95. The van der Waals surface area contributed by atoms with Gasteiger partial charge in [-0.25, -0.2) is 0 Å². The highest BCUT2D eigenvalue weighted by Gasteiger charge is 2.35. The van der Waals surface area contributed by atoms with E-state index in [1.165, 1.54) is 25.7 Å². The first-order valence-electron chi connectivity index (χ1n) is 7.78. The zero-order chi connectivity index (χ0) is 14.3. The molecule has 0 aliphatic heterocycles. The van der Waals surface area contributed by atoms with Crippen LogP contribution in [0.3, 0.4) is 0 Å². The van der Waals surface area contributed by atoms with Gasteiger partial charge in [0.1, 0.15) is 6.33 Å². The van der Waals surface area contributed by atoms with Crippen molar-refractivity contribution >= 4 is 11.3 Å². The first-order chi connectivity index (χ1) is 10.3. The Morgan fingerprint density at radius 3 is 2.90 bits per heavy atom. The van der Waals surface area contributed by atoms with E-state index >= 15 is 0 Å². The zero-order valence-corrected chi connectivity index (χ0v) is 12.4. The topological polar surface area (TPSA) is 64.3 Å². The summed E-state index contributed by atoms with van der Waals surface area (Å²) >= 11 is 0. The van der Waals surface area contributed by atoms with Crippen molar-refractivity contribution in [2.24, 2.45) is 0 Å². The van der Waals surface area contributed by atoms with Crippen molar-refractivity contribution in [3.8, 4) is 0 Å². The number of nitrogens with one attached hydrogen (secondary N) is 1. The Labute approximate surface area is 123 Å². The second-order valence-corrected chi connectivity index (χ2v) is 6.40. The molecule has 0 saturated heterocycles. The van der Waals surface area contributed by atoms with Crippen molar-refractivity contribution in [1.29, 1.82) is 0 Å². The average molecular weight is 287 g/mol. The maximum Gasteiger partial charge on any atom is 0.200 e. The third kappa shape index (κ3) is 2.37. The van der Waals surface area contributed by atoms with Crippen LogP contribution in [0.15, 0.2) is 12.4 Å². The van der Waals surface area contributed by atoms with Crippen LogP contribution in [0.2, 0.25) is 0 Å². The Hall–Kier alpha value is -1.69. The Morgan fingerprint density at radius 2 is 2.19 bits per heavy atom. The standard InChI is InChI=1S/C15H21N5O/c1-21-9-15(6-2-3-7-15)17-13-8-12(11-4-5-11)19-20-10-16-18-14(13)20/h8,10-11,17H,2-7,9H2,1H3. The molecule has 0 unspecified atom stereocenters. The molecule has 2 aliphatic rings. The minimum atomic E-state index is 0.0311. The van der Waals surface area contributed by atoms with Crippen LogP contribution in [0.4, 0.5) is 5.69 Å². The molecule has 2 aromatic rings. The monoisotopic (exact) mass is 287 g/mol. The lowest BCUT2D eigenvalue weighted by molar-refractivity contribution is 0.145. The smallest absolute Gasteiger partial charge is 0.200 e. The molecule has 2 saturated carbocycles. The van der Waals surface area contributed by atoms with Crippen LogP contribution in [0.1, 0.15) is 50.1 Å². The van der Waals surface area contributed by atoms with Gasteiger partial charge < -0.3 is 10.1 Å². The molecule has 0 spiro atoms. The molecule has 6 heteroatoms. The lowest BCUT2D eigenvalue weighted by Gasteiger charge is -2.30. The van der Waals surface area contributed by atoms with Gasteiger partial charge in [-0.2, -0.15) is 9.61 Å². The van der Waals surface area contributed by atoms with Gasteiger partial charge in [-0.3, -0.25) is 0 Å². The van der Waals surface area contributed by atoms with Gasteiger partial charge in [-0.1, -0.05) is 12.8 Å². The molecular weight excluding hydrogens is 266 g/mol. The first-order valence-corrected chi connectivity index (χ1v) is 7.78. The fourth-order valence-corrected chi connectivity index (χ4v) is 3.44. The maximum atomic E-state index is 5.46. The van der Waals surface area contributed by atoms with E-state index in [0.29, 0.717) is 5.92 Å². The van der Waals surface area contributed by atoms with E-state index in [2.05, 4.69) is 26.7 Å². The normalized spacial score (nSPS) is 21.0. The predicted molar refractivity (Wildman–Crippen MR) is 79.5 cm³/mol. The number of anilines is 1. The van der Waals surface area contributed by atoms with Crippen molar-refractivity contribution in [2.75, 3.05) is 19.0 Å². The van der Waals surface area contributed by atoms with Crippen LogP contribution in [-0.4, -0.2) is 39.1 Å². The van der Waals surface area contributed by atoms with Gasteiger partial charge in [0.2, 0.25) is 5.65 Å². The second-order valence-electron chi connectivity index (χ2n) is 6.40. The van der Waals surface area contributed by atoms with Gasteiger partial charge in [-0.15, -0.1) is 10.2 Å². The fourth-order valence-electron chi connectivity index (χ4n) is 3.44. The molecule has 1 N–H and O–H groups in total. The van der Waals surface area contributed by atoms with Crippen LogP contribution in [0.25, 0.3) is 5.65 Å². The molecular formula is C15H21N5O. The van der Waals surface area contributed by atoms with Crippen molar-refractivity contribution in [3.05, 3.63) is 18.1 Å². The third-order valence-electron chi connectivity index (χ3n) is 4.66. The summed E-state index contributed by atoms with van der Waals surface area (Å²) in [5.41, 5.74) is 3.03. The fraction of sp³-hybridized carbons (Fsp3) is 0.667. The Balaban J connectivity index is 1.72. The minimum absolute atomic E-state index is 0.0311. The molecule has 0 radical (unpaired) electrons. The molecule has 0 bridgehead atoms. The second kappa shape index (κ2) is 4.94. The molecule has 2 aromatic heterocycles. The number of nitrogens with zero attached hydrogens (tertiary/aromatic N) is 4. The van der Waals surface area contributed by atoms with Crippen LogP contribution < -0.4 is 5.32 Å². The van der Waals surface area contributed by atoms with E-state index in [1.54, 1.807) is 18.0 Å². The van der Waals surface area contributed by atoms with Crippen LogP contribution in [0.5, 0.6) is 0 Å². The molecule has 21 heavy (non-hydrogen) atoms. The number of hydrogen-bond acceptors (Lipinski definition) is 5. The lowest BCUT2D eigenvalue weighted by Crippen LogP contribution is -2.40. The summed E-state index contributed by atoms with van der Waals surface area (Å²) in [5.74, 6) is 0.610. The highest BCUT2D eigenvalue weighted by atomic mass is 16.5. The van der Waals surface area contributed by atoms with E-state index < -0.39 is 0 Å². The largest absolute Gasteiger partial charge is 0.382 e. The van der Waals surface area contributed by atoms with E-state index in [0.717, 1.165) is 36.5 Å². The van der Waals surface area contributed by atoms with Gasteiger partial charge in [0.15, 0.2) is 0 Å². The molecule has 2 fully saturated rings. The average Bonchev–Trinajstić information content (AvgIpc) is 3.05. The minimum Gasteiger partial charge on any atom is -0.382 e. The van der Waals surface area contributed by atoms with E-state index in [9.17, 15) is 0 Å². The Morgan fingerprint density at radius 1 is 1.38 bits per heavy atom. The molecule has 0 aromatic carbocycles. The van der Waals surface area contributed by atoms with E-state index in [1.807, 2.05) is 0 Å². The highest BCUT2D eigenvalue weighted by molar-refractivity contribution is 5.68. The Bertz CT molecular complexity index is 643. The number of rotatable bonds is 5. The van der Waals surface area contributed by atoms with E-state index in [-0.39, 0.29) is 5.54 Å². The van der Waals surface area contributed by atoms with Crippen molar-refractivity contribution in [3.63, 3.8) is 0 Å². The summed E-state index contributed by atoms with van der Waals surface area (Å²) in [5, 5.41) is 16.6. The quantitative estimate of drug-likeness (QED) is 0.914. The number of fused-ring (bicyclic) bond motifs is 1. The summed E-state index contributed by atoms with van der Waals surface area (Å²) < 4.78 is 7.26. The van der Waals surface area contributed by atoms with Gasteiger partial charge in [0.25, 0.3) is 0 Å². The molecule has 112 valence electrons. The first kappa shape index (κ1) is 13.0. The Kier molecular flexibility index (Phi) is 3.06. The highest BCUT2D eigenvalue weighted by Crippen LogP contribution is 2.41. The zero-order valence-electron chi connectivity index (χ0n) is 12.4. The summed E-state index contributed by atoms with van der Waals surface area (Å²) in [6, 6.07) is 2.16. The number of ether oxygens (including phenoxy) is 1. The molecule has 4 rings (SSSR count). The van der Waals surface area contributed by atoms with Crippen molar-refractivity contribution in [1.82, 2.24) is 19.8 Å². The third-order valence-corrected chi connectivity index (χ3v) is 4.66.